The lowest BCUT2D eigenvalue weighted by molar-refractivity contribution is -0.120. The number of amides is 1. The zero-order valence-electron chi connectivity index (χ0n) is 18.4. The van der Waals surface area contributed by atoms with Crippen LogP contribution in [0.3, 0.4) is 0 Å². The Hall–Kier alpha value is -2.65. The van der Waals surface area contributed by atoms with Gasteiger partial charge in [0.2, 0.25) is 5.91 Å². The highest BCUT2D eigenvalue weighted by Crippen LogP contribution is 2.30. The molecule has 1 amide bonds. The molecule has 0 heterocycles. The Balaban J connectivity index is 3.30. The van der Waals surface area contributed by atoms with Crippen LogP contribution in [0, 0.1) is 0 Å². The number of allylic oxidation sites excluding steroid dienone is 7. The maximum absolute atomic E-state index is 13.3. The summed E-state index contributed by atoms with van der Waals surface area (Å²) in [5.74, 6) is -0.365. The van der Waals surface area contributed by atoms with Crippen molar-refractivity contribution in [3.63, 3.8) is 0 Å². The molecule has 0 saturated heterocycles. The fourth-order valence-electron chi connectivity index (χ4n) is 3.14. The number of halogens is 1. The average molecular weight is 426 g/mol. The summed E-state index contributed by atoms with van der Waals surface area (Å²) in [4.78, 5) is 25.9. The van der Waals surface area contributed by atoms with Crippen molar-refractivity contribution in [3.8, 4) is 0 Å². The van der Waals surface area contributed by atoms with Crippen molar-refractivity contribution in [3.05, 3.63) is 94.7 Å². The van der Waals surface area contributed by atoms with Gasteiger partial charge in [0.15, 0.2) is 5.78 Å². The van der Waals surface area contributed by atoms with E-state index in [4.69, 9.17) is 11.6 Å². The molecule has 0 spiro atoms. The van der Waals surface area contributed by atoms with Crippen molar-refractivity contribution >= 4 is 23.3 Å². The Labute approximate surface area is 185 Å². The maximum atomic E-state index is 13.3. The van der Waals surface area contributed by atoms with Gasteiger partial charge in [0.25, 0.3) is 0 Å². The van der Waals surface area contributed by atoms with Gasteiger partial charge in [0, 0.05) is 28.3 Å². The van der Waals surface area contributed by atoms with Crippen LogP contribution in [0.4, 0.5) is 0 Å². The number of ketones is 1. The number of nitrogens with one attached hydrogen (secondary N) is 1. The summed E-state index contributed by atoms with van der Waals surface area (Å²) in [7, 11) is 0. The lowest BCUT2D eigenvalue weighted by Crippen LogP contribution is -2.25. The summed E-state index contributed by atoms with van der Waals surface area (Å²) in [6, 6.07) is 5.29. The fraction of sp³-hybridized carbons (Fsp3) is 0.308. The molecule has 1 aromatic carbocycles. The highest BCUT2D eigenvalue weighted by Gasteiger charge is 2.22. The van der Waals surface area contributed by atoms with E-state index in [9.17, 15) is 9.59 Å². The third kappa shape index (κ3) is 7.31. The van der Waals surface area contributed by atoms with Crippen LogP contribution in [0.5, 0.6) is 0 Å². The quantitative estimate of drug-likeness (QED) is 0.234. The highest BCUT2D eigenvalue weighted by atomic mass is 35.5. The number of rotatable bonds is 11. The molecule has 1 aromatic rings. The molecule has 0 aliphatic heterocycles. The summed E-state index contributed by atoms with van der Waals surface area (Å²) in [5.41, 5.74) is 3.38. The summed E-state index contributed by atoms with van der Waals surface area (Å²) < 4.78 is 0. The van der Waals surface area contributed by atoms with E-state index in [-0.39, 0.29) is 24.0 Å². The van der Waals surface area contributed by atoms with Crippen LogP contribution >= 0.6 is 11.6 Å². The third-order valence-corrected chi connectivity index (χ3v) is 4.97. The number of hydrogen-bond donors (Lipinski definition) is 1. The van der Waals surface area contributed by atoms with Crippen LogP contribution in [0.1, 0.15) is 68.8 Å². The van der Waals surface area contributed by atoms with Gasteiger partial charge >= 0.3 is 0 Å². The summed E-state index contributed by atoms with van der Waals surface area (Å²) in [6.45, 7) is 15.3. The van der Waals surface area contributed by atoms with E-state index in [1.165, 1.54) is 0 Å². The number of carbonyl (C=O) groups is 2. The van der Waals surface area contributed by atoms with E-state index >= 15 is 0 Å². The second kappa shape index (κ2) is 12.8. The number of benzene rings is 1. The Morgan fingerprint density at radius 2 is 1.97 bits per heavy atom. The predicted molar refractivity (Wildman–Crippen MR) is 128 cm³/mol. The molecule has 1 rings (SSSR count). The zero-order valence-corrected chi connectivity index (χ0v) is 19.2. The van der Waals surface area contributed by atoms with Gasteiger partial charge in [-0.1, -0.05) is 75.1 Å². The Bertz CT molecular complexity index is 890. The van der Waals surface area contributed by atoms with Gasteiger partial charge in [0.05, 0.1) is 0 Å². The second-order valence-electron chi connectivity index (χ2n) is 7.07. The largest absolute Gasteiger partial charge is 0.326 e. The smallest absolute Gasteiger partial charge is 0.224 e. The first kappa shape index (κ1) is 25.4. The molecule has 0 fully saturated rings. The molecule has 1 N–H and O–H groups in total. The summed E-state index contributed by atoms with van der Waals surface area (Å²) in [6.07, 6.45) is 10.6. The first-order valence-electron chi connectivity index (χ1n) is 10.2. The van der Waals surface area contributed by atoms with Crippen LogP contribution in [-0.2, 0) is 4.79 Å². The fourth-order valence-corrected chi connectivity index (χ4v) is 3.31. The molecule has 0 aromatic heterocycles. The molecule has 3 nitrogen and oxygen atoms in total. The zero-order chi connectivity index (χ0) is 22.7. The second-order valence-corrected chi connectivity index (χ2v) is 7.51. The Kier molecular flexibility index (Phi) is 10.8. The topological polar surface area (TPSA) is 46.2 Å². The molecule has 0 aliphatic rings. The first-order valence-corrected chi connectivity index (χ1v) is 10.6. The third-order valence-electron chi connectivity index (χ3n) is 4.74. The van der Waals surface area contributed by atoms with Gasteiger partial charge in [-0.05, 0) is 55.9 Å². The Morgan fingerprint density at radius 1 is 1.27 bits per heavy atom. The van der Waals surface area contributed by atoms with E-state index < -0.39 is 0 Å². The number of carbonyl (C=O) groups excluding carboxylic acids is 2. The van der Waals surface area contributed by atoms with Crippen molar-refractivity contribution in [2.45, 2.75) is 52.9 Å². The molecule has 0 aliphatic carbocycles. The predicted octanol–water partition coefficient (Wildman–Crippen LogP) is 7.08. The van der Waals surface area contributed by atoms with Gasteiger partial charge in [-0.2, -0.15) is 0 Å². The molecule has 1 atom stereocenters. The first-order chi connectivity index (χ1) is 14.3. The molecule has 160 valence electrons. The van der Waals surface area contributed by atoms with Crippen molar-refractivity contribution in [1.29, 1.82) is 0 Å². The van der Waals surface area contributed by atoms with Crippen molar-refractivity contribution in [1.82, 2.24) is 5.32 Å². The maximum Gasteiger partial charge on any atom is 0.224 e. The minimum atomic E-state index is -0.132. The van der Waals surface area contributed by atoms with E-state index in [1.54, 1.807) is 30.4 Å². The van der Waals surface area contributed by atoms with E-state index in [1.807, 2.05) is 45.9 Å². The highest BCUT2D eigenvalue weighted by molar-refractivity contribution is 6.31. The van der Waals surface area contributed by atoms with Crippen LogP contribution in [0.2, 0.25) is 5.02 Å². The Morgan fingerprint density at radius 3 is 2.50 bits per heavy atom. The molecule has 4 heteroatoms. The van der Waals surface area contributed by atoms with E-state index in [0.717, 1.165) is 17.6 Å². The molecule has 0 radical (unpaired) electrons. The number of hydrogen-bond acceptors (Lipinski definition) is 2. The van der Waals surface area contributed by atoms with Crippen molar-refractivity contribution in [2.24, 2.45) is 0 Å². The number of Topliss-reactive ketones (excluding diaryl/α,β-unsaturated/α-hetero) is 1. The lowest BCUT2D eigenvalue weighted by Gasteiger charge is -2.20. The van der Waals surface area contributed by atoms with Gasteiger partial charge in [-0.15, -0.1) is 0 Å². The van der Waals surface area contributed by atoms with Gasteiger partial charge in [-0.3, -0.25) is 9.59 Å². The van der Waals surface area contributed by atoms with Crippen LogP contribution < -0.4 is 5.32 Å². The van der Waals surface area contributed by atoms with Gasteiger partial charge in [0.1, 0.15) is 0 Å². The standard InChI is InChI=1S/C26H32ClNO2/c1-7-11-13-20(12-8-2)26(30)23-17-21(27)14-15-22(23)19(9-3)16-25(29)28-24(10-4)18(5)6/h8,10-15,17,19H,2,5,7,9,16H2,1,3-4,6H3,(H,28,29)/b13-11-,20-12+,24-10+. The molecule has 30 heavy (non-hydrogen) atoms. The van der Waals surface area contributed by atoms with Gasteiger partial charge < -0.3 is 5.32 Å². The monoisotopic (exact) mass is 425 g/mol. The normalized spacial score (nSPS) is 13.2. The SMILES string of the molecule is C=C/C=C(\C=C/CC)C(=O)c1cc(Cl)ccc1C(CC)CC(=O)N/C(=C/C)C(=C)C. The molecule has 0 bridgehead atoms. The van der Waals surface area contributed by atoms with E-state index in [0.29, 0.717) is 28.3 Å². The van der Waals surface area contributed by atoms with E-state index in [2.05, 4.69) is 18.5 Å². The molecular formula is C26H32ClNO2. The van der Waals surface area contributed by atoms with Crippen LogP contribution in [0.25, 0.3) is 0 Å². The minimum absolute atomic E-state index is 0.112. The summed E-state index contributed by atoms with van der Waals surface area (Å²) >= 11 is 6.22. The average Bonchev–Trinajstić information content (AvgIpc) is 2.72. The minimum Gasteiger partial charge on any atom is -0.326 e. The van der Waals surface area contributed by atoms with Gasteiger partial charge in [-0.25, -0.2) is 0 Å². The van der Waals surface area contributed by atoms with Crippen LogP contribution in [0.15, 0.2) is 78.6 Å². The van der Waals surface area contributed by atoms with Crippen LogP contribution in [-0.4, -0.2) is 11.7 Å². The van der Waals surface area contributed by atoms with Crippen molar-refractivity contribution in [2.75, 3.05) is 0 Å². The van der Waals surface area contributed by atoms with Crippen molar-refractivity contribution < 1.29 is 9.59 Å². The summed E-state index contributed by atoms with van der Waals surface area (Å²) in [5, 5.41) is 3.39. The molecular weight excluding hydrogens is 394 g/mol. The molecule has 0 saturated carbocycles. The lowest BCUT2D eigenvalue weighted by atomic mass is 9.86. The molecule has 1 unspecified atom stereocenters.